The van der Waals surface area contributed by atoms with E-state index in [-0.39, 0.29) is 12.6 Å². The molecule has 0 bridgehead atoms. The van der Waals surface area contributed by atoms with E-state index in [0.717, 1.165) is 92.9 Å². The normalized spacial score (nSPS) is 19.4. The molecule has 2 aromatic heterocycles. The monoisotopic (exact) mass is 650 g/mol. The number of ether oxygens (including phenoxy) is 1. The van der Waals surface area contributed by atoms with Crippen LogP contribution in [0.2, 0.25) is 0 Å². The fourth-order valence-corrected chi connectivity index (χ4v) is 6.49. The van der Waals surface area contributed by atoms with Gasteiger partial charge in [0.2, 0.25) is 10.0 Å². The summed E-state index contributed by atoms with van der Waals surface area (Å²) in [5.41, 5.74) is 9.64. The SMILES string of the molecule is CC(=O)O.CN1CCN([C@H]2CC[C@@H](n3nc(-c4ccc(Oc5cccc(CNS(C)(=O)=O)c5)cc4)c4c(N)ncnc43)CC2)CC1. The number of hydrogen-bond acceptors (Lipinski definition) is 10. The molecular weight excluding hydrogens is 608 g/mol. The van der Waals surface area contributed by atoms with E-state index < -0.39 is 16.0 Å². The minimum atomic E-state index is -3.28. The van der Waals surface area contributed by atoms with Gasteiger partial charge in [-0.3, -0.25) is 9.69 Å². The average Bonchev–Trinajstić information content (AvgIpc) is 3.42. The number of carboxylic acids is 1. The molecule has 0 radical (unpaired) electrons. The van der Waals surface area contributed by atoms with E-state index in [0.29, 0.717) is 23.4 Å². The number of rotatable bonds is 8. The van der Waals surface area contributed by atoms with Crippen LogP contribution in [0.15, 0.2) is 54.9 Å². The second-order valence-electron chi connectivity index (χ2n) is 11.9. The van der Waals surface area contributed by atoms with Crippen LogP contribution in [0.1, 0.15) is 44.2 Å². The number of nitrogen functional groups attached to an aromatic ring is 1. The van der Waals surface area contributed by atoms with Crippen molar-refractivity contribution >= 4 is 32.8 Å². The first-order valence-corrected chi connectivity index (χ1v) is 17.3. The summed E-state index contributed by atoms with van der Waals surface area (Å²) >= 11 is 0. The molecule has 14 heteroatoms. The molecule has 2 aromatic carbocycles. The Labute approximate surface area is 269 Å². The van der Waals surface area contributed by atoms with Gasteiger partial charge in [0, 0.05) is 51.3 Å². The number of benzene rings is 2. The minimum Gasteiger partial charge on any atom is -0.481 e. The maximum absolute atomic E-state index is 11.4. The summed E-state index contributed by atoms with van der Waals surface area (Å²) in [7, 11) is -1.08. The predicted molar refractivity (Wildman–Crippen MR) is 177 cm³/mol. The molecular formula is C32H42N8O5S. The molecule has 0 unspecified atom stereocenters. The number of aliphatic carboxylic acids is 1. The Kier molecular flexibility index (Phi) is 10.5. The lowest BCUT2D eigenvalue weighted by molar-refractivity contribution is -0.134. The summed E-state index contributed by atoms with van der Waals surface area (Å²) < 4.78 is 33.5. The molecule has 246 valence electrons. The van der Waals surface area contributed by atoms with Crippen LogP contribution in [0.25, 0.3) is 22.3 Å². The van der Waals surface area contributed by atoms with Gasteiger partial charge in [-0.15, -0.1) is 0 Å². The van der Waals surface area contributed by atoms with E-state index in [1.807, 2.05) is 48.5 Å². The summed E-state index contributed by atoms with van der Waals surface area (Å²) in [5, 5.41) is 13.3. The third-order valence-corrected chi connectivity index (χ3v) is 9.05. The van der Waals surface area contributed by atoms with Crippen LogP contribution in [0.4, 0.5) is 5.82 Å². The molecule has 4 N–H and O–H groups in total. The number of fused-ring (bicyclic) bond motifs is 1. The molecule has 2 fully saturated rings. The van der Waals surface area contributed by atoms with Gasteiger partial charge in [-0.2, -0.15) is 5.10 Å². The number of carbonyl (C=O) groups is 1. The lowest BCUT2D eigenvalue weighted by Gasteiger charge is -2.41. The summed E-state index contributed by atoms with van der Waals surface area (Å²) in [4.78, 5) is 23.0. The minimum absolute atomic E-state index is 0.200. The number of carboxylic acid groups (broad SMARTS) is 1. The number of hydrogen-bond donors (Lipinski definition) is 3. The third kappa shape index (κ3) is 8.57. The number of nitrogens with zero attached hydrogens (tertiary/aromatic N) is 6. The Bertz CT molecular complexity index is 1740. The Morgan fingerprint density at radius 1 is 1.00 bits per heavy atom. The molecule has 1 saturated heterocycles. The highest BCUT2D eigenvalue weighted by molar-refractivity contribution is 7.88. The molecule has 6 rings (SSSR count). The number of sulfonamides is 1. The highest BCUT2D eigenvalue weighted by atomic mass is 32.2. The Morgan fingerprint density at radius 3 is 2.30 bits per heavy atom. The third-order valence-electron chi connectivity index (χ3n) is 8.38. The molecule has 0 spiro atoms. The molecule has 2 aliphatic rings. The van der Waals surface area contributed by atoms with Gasteiger partial charge in [0.15, 0.2) is 5.65 Å². The molecule has 13 nitrogen and oxygen atoms in total. The number of aromatic nitrogens is 4. The molecule has 0 amide bonds. The van der Waals surface area contributed by atoms with E-state index >= 15 is 0 Å². The van der Waals surface area contributed by atoms with E-state index in [1.165, 1.54) is 6.33 Å². The van der Waals surface area contributed by atoms with Crippen LogP contribution in [0, 0.1) is 0 Å². The fourth-order valence-electron chi connectivity index (χ4n) is 6.06. The van der Waals surface area contributed by atoms with Crippen LogP contribution in [-0.4, -0.2) is 94.6 Å². The molecule has 1 aliphatic heterocycles. The van der Waals surface area contributed by atoms with Crippen molar-refractivity contribution in [3.05, 3.63) is 60.4 Å². The van der Waals surface area contributed by atoms with Gasteiger partial charge in [0.25, 0.3) is 5.97 Å². The number of anilines is 1. The van der Waals surface area contributed by atoms with Gasteiger partial charge in [-0.25, -0.2) is 27.8 Å². The molecule has 0 atom stereocenters. The first-order chi connectivity index (χ1) is 22.0. The topological polar surface area (TPSA) is 169 Å². The zero-order chi connectivity index (χ0) is 32.8. The zero-order valence-electron chi connectivity index (χ0n) is 26.5. The van der Waals surface area contributed by atoms with Crippen LogP contribution < -0.4 is 15.2 Å². The molecule has 1 saturated carbocycles. The van der Waals surface area contributed by atoms with Gasteiger partial charge >= 0.3 is 0 Å². The lowest BCUT2D eigenvalue weighted by atomic mass is 9.90. The molecule has 1 aliphatic carbocycles. The fraction of sp³-hybridized carbons (Fsp3) is 0.438. The number of nitrogens with two attached hydrogens (primary N) is 1. The van der Waals surface area contributed by atoms with E-state index in [1.54, 1.807) is 0 Å². The largest absolute Gasteiger partial charge is 0.481 e. The van der Waals surface area contributed by atoms with Crippen molar-refractivity contribution in [2.75, 3.05) is 45.2 Å². The number of piperazine rings is 1. The van der Waals surface area contributed by atoms with E-state index in [4.69, 9.17) is 25.5 Å². The van der Waals surface area contributed by atoms with Crippen molar-refractivity contribution in [1.82, 2.24) is 34.3 Å². The molecule has 4 aromatic rings. The number of nitrogens with one attached hydrogen (secondary N) is 1. The number of likely N-dealkylation sites (N-methyl/N-ethyl adjacent to an activating group) is 1. The smallest absolute Gasteiger partial charge is 0.300 e. The van der Waals surface area contributed by atoms with Crippen molar-refractivity contribution in [2.24, 2.45) is 0 Å². The summed E-state index contributed by atoms with van der Waals surface area (Å²) in [6.07, 6.45) is 7.09. The second-order valence-corrected chi connectivity index (χ2v) is 13.8. The highest BCUT2D eigenvalue weighted by Gasteiger charge is 2.30. The van der Waals surface area contributed by atoms with Gasteiger partial charge in [0.1, 0.15) is 29.3 Å². The van der Waals surface area contributed by atoms with Gasteiger partial charge < -0.3 is 20.5 Å². The lowest BCUT2D eigenvalue weighted by Crippen LogP contribution is -2.49. The van der Waals surface area contributed by atoms with Gasteiger partial charge in [-0.05, 0) is 74.7 Å². The van der Waals surface area contributed by atoms with Crippen LogP contribution >= 0.6 is 0 Å². The quantitative estimate of drug-likeness (QED) is 0.254. The zero-order valence-corrected chi connectivity index (χ0v) is 27.3. The summed E-state index contributed by atoms with van der Waals surface area (Å²) in [6.45, 7) is 5.86. The van der Waals surface area contributed by atoms with Crippen molar-refractivity contribution in [3.63, 3.8) is 0 Å². The Hall–Kier alpha value is -4.11. The van der Waals surface area contributed by atoms with E-state index in [9.17, 15) is 8.42 Å². The summed E-state index contributed by atoms with van der Waals surface area (Å²) in [5.74, 6) is 0.865. The van der Waals surface area contributed by atoms with Crippen LogP contribution in [0.5, 0.6) is 11.5 Å². The van der Waals surface area contributed by atoms with Gasteiger partial charge in [-0.1, -0.05) is 12.1 Å². The van der Waals surface area contributed by atoms with Gasteiger partial charge in [0.05, 0.1) is 17.7 Å². The Balaban J connectivity index is 0.000000985. The van der Waals surface area contributed by atoms with E-state index in [2.05, 4.69) is 36.2 Å². The first-order valence-electron chi connectivity index (χ1n) is 15.4. The van der Waals surface area contributed by atoms with Crippen molar-refractivity contribution < 1.29 is 23.1 Å². The van der Waals surface area contributed by atoms with Crippen LogP contribution in [0.3, 0.4) is 0 Å². The Morgan fingerprint density at radius 2 is 1.65 bits per heavy atom. The second kappa shape index (κ2) is 14.5. The predicted octanol–water partition coefficient (Wildman–Crippen LogP) is 3.74. The van der Waals surface area contributed by atoms with Crippen molar-refractivity contribution in [2.45, 2.75) is 51.2 Å². The van der Waals surface area contributed by atoms with Crippen molar-refractivity contribution in [3.8, 4) is 22.8 Å². The maximum atomic E-state index is 11.4. The average molecular weight is 651 g/mol. The highest BCUT2D eigenvalue weighted by Crippen LogP contribution is 2.37. The van der Waals surface area contributed by atoms with Crippen LogP contribution in [-0.2, 0) is 21.4 Å². The van der Waals surface area contributed by atoms with Crippen molar-refractivity contribution in [1.29, 1.82) is 0 Å². The molecule has 46 heavy (non-hydrogen) atoms. The molecule has 3 heterocycles. The first kappa shape index (κ1) is 33.3. The standard InChI is InChI=1S/C30H38N8O3S.C2H4O2/c1-36-14-16-37(17-15-36)23-8-10-24(11-9-23)38-30-27(29(31)32-20-33-30)28(35-38)22-6-12-25(13-7-22)41-26-5-3-4-21(18-26)19-34-42(2,39)40;1-2(3)4/h3-7,12-13,18,20,23-24,34H,8-11,14-17,19H2,1-2H3,(H2,31,32,33);1H3,(H,3,4)/t23-,24+;. The summed E-state index contributed by atoms with van der Waals surface area (Å²) in [6, 6.07) is 16.0. The maximum Gasteiger partial charge on any atom is 0.300 e.